The van der Waals surface area contributed by atoms with Gasteiger partial charge in [-0.25, -0.2) is 0 Å². The van der Waals surface area contributed by atoms with Crippen molar-refractivity contribution in [3.63, 3.8) is 0 Å². The maximum Gasteiger partial charge on any atom is 0.133 e. The number of methoxy groups -OCH3 is 1. The van der Waals surface area contributed by atoms with Gasteiger partial charge in [-0.15, -0.1) is 0 Å². The number of benzene rings is 1. The van der Waals surface area contributed by atoms with E-state index in [0.717, 1.165) is 10.2 Å². The molecule has 0 aliphatic carbocycles. The Morgan fingerprint density at radius 3 is 2.41 bits per heavy atom. The van der Waals surface area contributed by atoms with Crippen LogP contribution in [0.2, 0.25) is 0 Å². The lowest BCUT2D eigenvalue weighted by Crippen LogP contribution is -2.64. The largest absolute Gasteiger partial charge is 0.496 e. The van der Waals surface area contributed by atoms with Gasteiger partial charge >= 0.3 is 0 Å². The molecule has 3 nitrogen and oxygen atoms in total. The highest BCUT2D eigenvalue weighted by Crippen LogP contribution is 2.42. The molecule has 0 aromatic heterocycles. The van der Waals surface area contributed by atoms with Crippen LogP contribution in [-0.4, -0.2) is 25.9 Å². The molecule has 0 spiro atoms. The second-order valence-electron chi connectivity index (χ2n) is 5.15. The Kier molecular flexibility index (Phi) is 3.23. The Labute approximate surface area is 110 Å². The normalized spacial score (nSPS) is 18.6. The topological polar surface area (TPSA) is 44.5 Å². The van der Waals surface area contributed by atoms with Crippen LogP contribution in [0.4, 0.5) is 0 Å². The zero-order chi connectivity index (χ0) is 12.7. The van der Waals surface area contributed by atoms with E-state index in [1.54, 1.807) is 7.11 Å². The van der Waals surface area contributed by atoms with Crippen molar-refractivity contribution in [2.24, 2.45) is 5.73 Å². The van der Waals surface area contributed by atoms with Gasteiger partial charge in [-0.1, -0.05) is 6.07 Å². The second-order valence-corrected chi connectivity index (χ2v) is 6.00. The predicted molar refractivity (Wildman–Crippen MR) is 71.5 cm³/mol. The average Bonchev–Trinajstić information content (AvgIpc) is 2.13. The Bertz CT molecular complexity index is 422. The molecule has 0 radical (unpaired) electrons. The molecule has 0 amide bonds. The lowest BCUT2D eigenvalue weighted by atomic mass is 9.66. The van der Waals surface area contributed by atoms with E-state index in [1.807, 2.05) is 19.9 Å². The number of rotatable bonds is 3. The molecular weight excluding hydrogens is 282 g/mol. The minimum absolute atomic E-state index is 0.0954. The van der Waals surface area contributed by atoms with Crippen molar-refractivity contribution in [2.75, 3.05) is 20.3 Å². The number of hydrogen-bond acceptors (Lipinski definition) is 3. The first-order valence-corrected chi connectivity index (χ1v) is 6.41. The van der Waals surface area contributed by atoms with E-state index >= 15 is 0 Å². The van der Waals surface area contributed by atoms with Crippen molar-refractivity contribution >= 4 is 15.9 Å². The molecule has 2 N–H and O–H groups in total. The van der Waals surface area contributed by atoms with Gasteiger partial charge in [0.2, 0.25) is 0 Å². The van der Waals surface area contributed by atoms with E-state index in [0.29, 0.717) is 13.2 Å². The summed E-state index contributed by atoms with van der Waals surface area (Å²) in [5.74, 6) is 0.832. The third-order valence-electron chi connectivity index (χ3n) is 3.63. The first-order valence-electron chi connectivity index (χ1n) is 5.61. The van der Waals surface area contributed by atoms with Gasteiger partial charge in [-0.3, -0.25) is 0 Å². The van der Waals surface area contributed by atoms with Crippen molar-refractivity contribution in [3.05, 3.63) is 28.2 Å². The van der Waals surface area contributed by atoms with Crippen molar-refractivity contribution < 1.29 is 9.47 Å². The van der Waals surface area contributed by atoms with E-state index in [-0.39, 0.29) is 11.0 Å². The van der Waals surface area contributed by atoms with E-state index in [4.69, 9.17) is 15.2 Å². The maximum atomic E-state index is 6.30. The molecule has 1 heterocycles. The number of nitrogens with two attached hydrogens (primary N) is 1. The fourth-order valence-corrected chi connectivity index (χ4v) is 2.72. The van der Waals surface area contributed by atoms with Gasteiger partial charge in [0.1, 0.15) is 5.75 Å². The smallest absolute Gasteiger partial charge is 0.133 e. The van der Waals surface area contributed by atoms with Crippen molar-refractivity contribution in [2.45, 2.75) is 24.8 Å². The average molecular weight is 300 g/mol. The van der Waals surface area contributed by atoms with Gasteiger partial charge in [-0.05, 0) is 47.5 Å². The zero-order valence-electron chi connectivity index (χ0n) is 10.4. The maximum absolute atomic E-state index is 6.30. The Balaban J connectivity index is 2.42. The van der Waals surface area contributed by atoms with E-state index < -0.39 is 0 Å². The lowest BCUT2D eigenvalue weighted by Gasteiger charge is -2.51. The molecule has 17 heavy (non-hydrogen) atoms. The molecule has 1 aromatic rings. The van der Waals surface area contributed by atoms with Crippen molar-refractivity contribution in [3.8, 4) is 5.75 Å². The molecule has 0 saturated carbocycles. The third kappa shape index (κ3) is 1.98. The van der Waals surface area contributed by atoms with E-state index in [2.05, 4.69) is 28.1 Å². The Hall–Kier alpha value is -0.580. The van der Waals surface area contributed by atoms with Gasteiger partial charge < -0.3 is 15.2 Å². The van der Waals surface area contributed by atoms with Crippen LogP contribution in [0.5, 0.6) is 5.75 Å². The molecule has 2 rings (SSSR count). The van der Waals surface area contributed by atoms with Crippen molar-refractivity contribution in [1.82, 2.24) is 0 Å². The van der Waals surface area contributed by atoms with Crippen LogP contribution in [0, 0.1) is 0 Å². The highest BCUT2D eigenvalue weighted by atomic mass is 79.9. The summed E-state index contributed by atoms with van der Waals surface area (Å²) in [6, 6.07) is 6.11. The molecule has 0 atom stereocenters. The van der Waals surface area contributed by atoms with Crippen LogP contribution >= 0.6 is 15.9 Å². The molecule has 94 valence electrons. The van der Waals surface area contributed by atoms with Crippen molar-refractivity contribution in [1.29, 1.82) is 0 Å². The van der Waals surface area contributed by atoms with Gasteiger partial charge in [0.25, 0.3) is 0 Å². The molecule has 4 heteroatoms. The summed E-state index contributed by atoms with van der Waals surface area (Å²) in [4.78, 5) is 0. The van der Waals surface area contributed by atoms with Crippen LogP contribution in [0.15, 0.2) is 22.7 Å². The number of ether oxygens (including phenoxy) is 2. The number of hydrogen-bond donors (Lipinski definition) is 1. The summed E-state index contributed by atoms with van der Waals surface area (Å²) in [5.41, 5.74) is 7.10. The summed E-state index contributed by atoms with van der Waals surface area (Å²) in [6.07, 6.45) is 0. The molecule has 1 fully saturated rings. The summed E-state index contributed by atoms with van der Waals surface area (Å²) < 4.78 is 11.6. The minimum Gasteiger partial charge on any atom is -0.496 e. The molecule has 1 saturated heterocycles. The van der Waals surface area contributed by atoms with Gasteiger partial charge in [0, 0.05) is 5.54 Å². The zero-order valence-corrected chi connectivity index (χ0v) is 12.0. The van der Waals surface area contributed by atoms with Crippen LogP contribution in [-0.2, 0) is 10.2 Å². The van der Waals surface area contributed by atoms with Crippen LogP contribution in [0.1, 0.15) is 19.4 Å². The molecule has 1 aliphatic heterocycles. The molecule has 0 unspecified atom stereocenters. The molecular formula is C13H18BrNO2. The van der Waals surface area contributed by atoms with Crippen LogP contribution < -0.4 is 10.5 Å². The molecule has 1 aromatic carbocycles. The molecule has 0 bridgehead atoms. The predicted octanol–water partition coefficient (Wildman–Crippen LogP) is 2.46. The second kappa shape index (κ2) is 4.26. The monoisotopic (exact) mass is 299 g/mol. The summed E-state index contributed by atoms with van der Waals surface area (Å²) >= 11 is 3.51. The van der Waals surface area contributed by atoms with Crippen LogP contribution in [0.3, 0.4) is 0 Å². The standard InChI is InChI=1S/C13H18BrNO2/c1-12(2,15)13(7-17-8-13)9-4-5-11(16-3)10(14)6-9/h4-6H,7-8,15H2,1-3H3. The number of halogens is 1. The summed E-state index contributed by atoms with van der Waals surface area (Å²) in [5, 5.41) is 0. The Morgan fingerprint density at radius 1 is 1.41 bits per heavy atom. The lowest BCUT2D eigenvalue weighted by molar-refractivity contribution is -0.0919. The van der Waals surface area contributed by atoms with Gasteiger partial charge in [0.15, 0.2) is 0 Å². The fourth-order valence-electron chi connectivity index (χ4n) is 2.18. The van der Waals surface area contributed by atoms with Gasteiger partial charge in [-0.2, -0.15) is 0 Å². The van der Waals surface area contributed by atoms with Gasteiger partial charge in [0.05, 0.1) is 30.2 Å². The highest BCUT2D eigenvalue weighted by molar-refractivity contribution is 9.10. The molecule has 1 aliphatic rings. The first-order chi connectivity index (χ1) is 7.90. The van der Waals surface area contributed by atoms with E-state index in [9.17, 15) is 0 Å². The minimum atomic E-state index is -0.306. The fraction of sp³-hybridized carbons (Fsp3) is 0.538. The quantitative estimate of drug-likeness (QED) is 0.932. The summed E-state index contributed by atoms with van der Waals surface area (Å²) in [6.45, 7) is 5.45. The summed E-state index contributed by atoms with van der Waals surface area (Å²) in [7, 11) is 1.66. The SMILES string of the molecule is COc1ccc(C2(C(C)(C)N)COC2)cc1Br. The first kappa shape index (κ1) is 12.9. The van der Waals surface area contributed by atoms with Crippen LogP contribution in [0.25, 0.3) is 0 Å². The third-order valence-corrected chi connectivity index (χ3v) is 4.25. The highest BCUT2D eigenvalue weighted by Gasteiger charge is 2.50. The van der Waals surface area contributed by atoms with E-state index in [1.165, 1.54) is 5.56 Å². The Morgan fingerprint density at radius 2 is 2.06 bits per heavy atom.